The molecule has 0 aliphatic heterocycles. The minimum atomic E-state index is -0.467. The van der Waals surface area contributed by atoms with Gasteiger partial charge in [-0.3, -0.25) is 10.1 Å². The van der Waals surface area contributed by atoms with Crippen LogP contribution in [-0.4, -0.2) is 4.92 Å². The zero-order valence-electron chi connectivity index (χ0n) is 10.6. The van der Waals surface area contributed by atoms with Crippen molar-refractivity contribution in [2.24, 2.45) is 0 Å². The van der Waals surface area contributed by atoms with E-state index in [1.165, 1.54) is 24.3 Å². The SMILES string of the molecule is Cc1cc([N+](=O)[O-])ccc1OCc1ccc(Br)cc1F. The maximum atomic E-state index is 13.6. The number of benzene rings is 2. The summed E-state index contributed by atoms with van der Waals surface area (Å²) in [6.07, 6.45) is 0. The summed E-state index contributed by atoms with van der Waals surface area (Å²) in [6, 6.07) is 9.02. The molecular weight excluding hydrogens is 329 g/mol. The molecule has 0 radical (unpaired) electrons. The molecule has 0 amide bonds. The summed E-state index contributed by atoms with van der Waals surface area (Å²) < 4.78 is 19.8. The van der Waals surface area contributed by atoms with E-state index < -0.39 is 4.92 Å². The smallest absolute Gasteiger partial charge is 0.269 e. The van der Waals surface area contributed by atoms with Crippen molar-refractivity contribution in [1.29, 1.82) is 0 Å². The van der Waals surface area contributed by atoms with E-state index in [2.05, 4.69) is 15.9 Å². The molecule has 0 heterocycles. The van der Waals surface area contributed by atoms with Gasteiger partial charge >= 0.3 is 0 Å². The molecule has 0 aromatic heterocycles. The molecule has 0 saturated carbocycles. The molecule has 2 rings (SSSR count). The lowest BCUT2D eigenvalue weighted by Gasteiger charge is -2.09. The number of nitrogens with zero attached hydrogens (tertiary/aromatic N) is 1. The van der Waals surface area contributed by atoms with Gasteiger partial charge < -0.3 is 4.74 Å². The van der Waals surface area contributed by atoms with Crippen LogP contribution in [0.15, 0.2) is 40.9 Å². The van der Waals surface area contributed by atoms with Crippen molar-refractivity contribution in [3.05, 3.63) is 67.9 Å². The number of non-ortho nitro benzene ring substituents is 1. The first kappa shape index (κ1) is 14.5. The monoisotopic (exact) mass is 339 g/mol. The number of nitro benzene ring substituents is 1. The molecule has 2 aromatic rings. The Balaban J connectivity index is 2.13. The van der Waals surface area contributed by atoms with Gasteiger partial charge in [-0.1, -0.05) is 22.0 Å². The quantitative estimate of drug-likeness (QED) is 0.613. The summed E-state index contributed by atoms with van der Waals surface area (Å²) in [5.41, 5.74) is 1.06. The molecular formula is C14H11BrFNO3. The van der Waals surface area contributed by atoms with Crippen molar-refractivity contribution in [2.45, 2.75) is 13.5 Å². The second-order valence-corrected chi connectivity index (χ2v) is 5.15. The predicted molar refractivity (Wildman–Crippen MR) is 76.3 cm³/mol. The Morgan fingerprint density at radius 2 is 2.05 bits per heavy atom. The molecule has 0 N–H and O–H groups in total. The minimum absolute atomic E-state index is 0.00433. The summed E-state index contributed by atoms with van der Waals surface area (Å²) in [5.74, 6) is 0.136. The van der Waals surface area contributed by atoms with Crippen LogP contribution in [0.5, 0.6) is 5.75 Å². The van der Waals surface area contributed by atoms with E-state index in [1.54, 1.807) is 19.1 Å². The van der Waals surface area contributed by atoms with E-state index in [9.17, 15) is 14.5 Å². The van der Waals surface area contributed by atoms with Gasteiger partial charge in [0.1, 0.15) is 18.2 Å². The van der Waals surface area contributed by atoms with Gasteiger partial charge in [0.15, 0.2) is 0 Å². The number of aryl methyl sites for hydroxylation is 1. The Morgan fingerprint density at radius 1 is 1.30 bits per heavy atom. The summed E-state index contributed by atoms with van der Waals surface area (Å²) in [7, 11) is 0. The van der Waals surface area contributed by atoms with Crippen LogP contribution in [-0.2, 0) is 6.61 Å². The fourth-order valence-electron chi connectivity index (χ4n) is 1.70. The summed E-state index contributed by atoms with van der Waals surface area (Å²) in [4.78, 5) is 10.2. The molecule has 20 heavy (non-hydrogen) atoms. The van der Waals surface area contributed by atoms with Gasteiger partial charge in [-0.2, -0.15) is 0 Å². The fraction of sp³-hybridized carbons (Fsp3) is 0.143. The third kappa shape index (κ3) is 3.33. The number of hydrogen-bond acceptors (Lipinski definition) is 3. The van der Waals surface area contributed by atoms with Gasteiger partial charge in [0.2, 0.25) is 0 Å². The first-order valence-electron chi connectivity index (χ1n) is 5.79. The topological polar surface area (TPSA) is 52.4 Å². The second kappa shape index (κ2) is 6.00. The highest BCUT2D eigenvalue weighted by molar-refractivity contribution is 9.10. The van der Waals surface area contributed by atoms with Crippen molar-refractivity contribution < 1.29 is 14.1 Å². The third-order valence-corrected chi connectivity index (χ3v) is 3.26. The average Bonchev–Trinajstić information content (AvgIpc) is 2.38. The summed E-state index contributed by atoms with van der Waals surface area (Å²) in [5, 5.41) is 10.6. The van der Waals surface area contributed by atoms with Crippen molar-refractivity contribution >= 4 is 21.6 Å². The van der Waals surface area contributed by atoms with Crippen LogP contribution in [0.4, 0.5) is 10.1 Å². The highest BCUT2D eigenvalue weighted by Crippen LogP contribution is 2.24. The number of rotatable bonds is 4. The van der Waals surface area contributed by atoms with Crippen molar-refractivity contribution in [3.8, 4) is 5.75 Å². The zero-order valence-corrected chi connectivity index (χ0v) is 12.2. The van der Waals surface area contributed by atoms with E-state index in [-0.39, 0.29) is 18.1 Å². The molecule has 104 valence electrons. The van der Waals surface area contributed by atoms with Crippen molar-refractivity contribution in [3.63, 3.8) is 0 Å². The van der Waals surface area contributed by atoms with Crippen LogP contribution in [0.3, 0.4) is 0 Å². The first-order chi connectivity index (χ1) is 9.47. The molecule has 0 spiro atoms. The standard InChI is InChI=1S/C14H11BrFNO3/c1-9-6-12(17(18)19)4-5-14(9)20-8-10-2-3-11(15)7-13(10)16/h2-7H,8H2,1H3. The molecule has 0 unspecified atom stereocenters. The van der Waals surface area contributed by atoms with Crippen LogP contribution in [0.25, 0.3) is 0 Å². The first-order valence-corrected chi connectivity index (χ1v) is 6.58. The van der Waals surface area contributed by atoms with Crippen molar-refractivity contribution in [2.75, 3.05) is 0 Å². The Bertz CT molecular complexity index is 661. The second-order valence-electron chi connectivity index (χ2n) is 4.23. The van der Waals surface area contributed by atoms with E-state index >= 15 is 0 Å². The van der Waals surface area contributed by atoms with E-state index in [4.69, 9.17) is 4.74 Å². The Morgan fingerprint density at radius 3 is 2.65 bits per heavy atom. The maximum Gasteiger partial charge on any atom is 0.269 e. The van der Waals surface area contributed by atoms with Gasteiger partial charge in [-0.15, -0.1) is 0 Å². The highest BCUT2D eigenvalue weighted by atomic mass is 79.9. The van der Waals surface area contributed by atoms with Crippen LogP contribution >= 0.6 is 15.9 Å². The molecule has 2 aromatic carbocycles. The van der Waals surface area contributed by atoms with Crippen LogP contribution < -0.4 is 4.74 Å². The molecule has 0 atom stereocenters. The van der Waals surface area contributed by atoms with Crippen LogP contribution in [0.1, 0.15) is 11.1 Å². The van der Waals surface area contributed by atoms with Crippen molar-refractivity contribution in [1.82, 2.24) is 0 Å². The Kier molecular flexibility index (Phi) is 4.34. The van der Waals surface area contributed by atoms with Gasteiger partial charge in [0, 0.05) is 22.2 Å². The number of nitro groups is 1. The Labute approximate surface area is 123 Å². The van der Waals surface area contributed by atoms with Crippen LogP contribution in [0.2, 0.25) is 0 Å². The summed E-state index contributed by atoms with van der Waals surface area (Å²) in [6.45, 7) is 1.78. The van der Waals surface area contributed by atoms with Gasteiger partial charge in [-0.25, -0.2) is 4.39 Å². The van der Waals surface area contributed by atoms with Gasteiger partial charge in [0.05, 0.1) is 4.92 Å². The molecule has 0 aliphatic rings. The maximum absolute atomic E-state index is 13.6. The molecule has 4 nitrogen and oxygen atoms in total. The highest BCUT2D eigenvalue weighted by Gasteiger charge is 2.10. The van der Waals surface area contributed by atoms with Crippen LogP contribution in [0, 0.1) is 22.9 Å². The lowest BCUT2D eigenvalue weighted by molar-refractivity contribution is -0.384. The largest absolute Gasteiger partial charge is 0.489 e. The lowest BCUT2D eigenvalue weighted by atomic mass is 10.2. The lowest BCUT2D eigenvalue weighted by Crippen LogP contribution is -2.00. The van der Waals surface area contributed by atoms with E-state index in [0.717, 1.165) is 0 Å². The number of halogens is 2. The Hall–Kier alpha value is -1.95. The fourth-order valence-corrected chi connectivity index (χ4v) is 2.04. The van der Waals surface area contributed by atoms with E-state index in [1.807, 2.05) is 0 Å². The molecule has 6 heteroatoms. The predicted octanol–water partition coefficient (Wildman–Crippen LogP) is 4.38. The molecule has 0 aliphatic carbocycles. The minimum Gasteiger partial charge on any atom is -0.489 e. The third-order valence-electron chi connectivity index (χ3n) is 2.77. The van der Waals surface area contributed by atoms with E-state index in [0.29, 0.717) is 21.3 Å². The average molecular weight is 340 g/mol. The normalized spacial score (nSPS) is 10.3. The van der Waals surface area contributed by atoms with Gasteiger partial charge in [-0.05, 0) is 30.7 Å². The molecule has 0 fully saturated rings. The number of ether oxygens (including phenoxy) is 1. The summed E-state index contributed by atoms with van der Waals surface area (Å²) >= 11 is 3.18. The molecule has 0 saturated heterocycles. The molecule has 0 bridgehead atoms. The van der Waals surface area contributed by atoms with Gasteiger partial charge in [0.25, 0.3) is 5.69 Å². The number of hydrogen-bond donors (Lipinski definition) is 0. The zero-order chi connectivity index (χ0) is 14.7.